The Hall–Kier alpha value is -3.22. The number of ether oxygens (including phenoxy) is 1. The maximum atomic E-state index is 14.6. The molecule has 0 aliphatic rings. The first kappa shape index (κ1) is 19.5. The summed E-state index contributed by atoms with van der Waals surface area (Å²) in [6.07, 6.45) is 5.30. The quantitative estimate of drug-likeness (QED) is 0.680. The van der Waals surface area contributed by atoms with Gasteiger partial charge in [0.2, 0.25) is 0 Å². The van der Waals surface area contributed by atoms with Crippen LogP contribution in [0.2, 0.25) is 0 Å². The number of halogens is 1. The van der Waals surface area contributed by atoms with Crippen LogP contribution in [0.4, 0.5) is 10.2 Å². The summed E-state index contributed by atoms with van der Waals surface area (Å²) in [6, 6.07) is 6.14. The number of rotatable bonds is 4. The zero-order chi connectivity index (χ0) is 20.5. The third-order valence-corrected chi connectivity index (χ3v) is 4.11. The fraction of sp³-hybridized carbons (Fsp3) is 0.286. The summed E-state index contributed by atoms with van der Waals surface area (Å²) in [7, 11) is 0. The van der Waals surface area contributed by atoms with Gasteiger partial charge in [-0.05, 0) is 51.5 Å². The summed E-state index contributed by atoms with van der Waals surface area (Å²) in [5, 5.41) is 4.26. The Balaban J connectivity index is 1.96. The Morgan fingerprint density at radius 1 is 1.18 bits per heavy atom. The van der Waals surface area contributed by atoms with Crippen molar-refractivity contribution in [2.75, 3.05) is 5.73 Å². The highest BCUT2D eigenvalue weighted by Gasteiger charge is 2.21. The molecule has 0 aliphatic carbocycles. The first-order valence-electron chi connectivity index (χ1n) is 8.99. The summed E-state index contributed by atoms with van der Waals surface area (Å²) in [6.45, 7) is 7.95. The summed E-state index contributed by atoms with van der Waals surface area (Å²) >= 11 is 0. The standard InChI is InChI=1S/C21H23FN4O2/c1-5-26-12-15(11-25-26)14-8-17(19(23)24-10-14)13-6-7-16(18(22)9-13)20(27)28-21(2,3)4/h6-12H,5H2,1-4H3,(H2,23,24). The average Bonchev–Trinajstić information content (AvgIpc) is 3.09. The number of aryl methyl sites for hydroxylation is 1. The van der Waals surface area contributed by atoms with Crippen molar-refractivity contribution in [2.45, 2.75) is 39.8 Å². The molecule has 0 atom stereocenters. The van der Waals surface area contributed by atoms with Crippen molar-refractivity contribution < 1.29 is 13.9 Å². The molecule has 2 aromatic heterocycles. The zero-order valence-corrected chi connectivity index (χ0v) is 16.4. The molecular weight excluding hydrogens is 359 g/mol. The number of benzene rings is 1. The smallest absolute Gasteiger partial charge is 0.341 e. The number of nitrogen functional groups attached to an aromatic ring is 1. The molecule has 0 unspecified atom stereocenters. The molecular formula is C21H23FN4O2. The number of nitrogens with two attached hydrogens (primary N) is 1. The molecule has 2 N–H and O–H groups in total. The van der Waals surface area contributed by atoms with Gasteiger partial charge < -0.3 is 10.5 Å². The van der Waals surface area contributed by atoms with Crippen molar-refractivity contribution in [1.82, 2.24) is 14.8 Å². The molecule has 0 bridgehead atoms. The van der Waals surface area contributed by atoms with Gasteiger partial charge in [-0.3, -0.25) is 4.68 Å². The molecule has 6 nitrogen and oxygen atoms in total. The summed E-state index contributed by atoms with van der Waals surface area (Å²) in [5.41, 5.74) is 8.01. The molecule has 7 heteroatoms. The van der Waals surface area contributed by atoms with Crippen LogP contribution in [0.25, 0.3) is 22.3 Å². The topological polar surface area (TPSA) is 83.0 Å². The SMILES string of the molecule is CCn1cc(-c2cnc(N)c(-c3ccc(C(=O)OC(C)(C)C)c(F)c3)c2)cn1. The molecule has 28 heavy (non-hydrogen) atoms. The van der Waals surface area contributed by atoms with E-state index in [1.54, 1.807) is 43.9 Å². The molecule has 0 aliphatic heterocycles. The Morgan fingerprint density at radius 3 is 2.54 bits per heavy atom. The van der Waals surface area contributed by atoms with Crippen LogP contribution in [-0.2, 0) is 11.3 Å². The minimum atomic E-state index is -0.705. The van der Waals surface area contributed by atoms with E-state index < -0.39 is 17.4 Å². The van der Waals surface area contributed by atoms with E-state index in [1.165, 1.54) is 12.1 Å². The van der Waals surface area contributed by atoms with E-state index in [2.05, 4.69) is 10.1 Å². The van der Waals surface area contributed by atoms with E-state index >= 15 is 0 Å². The Morgan fingerprint density at radius 2 is 1.93 bits per heavy atom. The highest BCUT2D eigenvalue weighted by Crippen LogP contribution is 2.30. The highest BCUT2D eigenvalue weighted by molar-refractivity contribution is 5.91. The van der Waals surface area contributed by atoms with Gasteiger partial charge in [0, 0.05) is 35.6 Å². The van der Waals surface area contributed by atoms with Crippen LogP contribution in [0.3, 0.4) is 0 Å². The maximum absolute atomic E-state index is 14.6. The second-order valence-electron chi connectivity index (χ2n) is 7.44. The minimum Gasteiger partial charge on any atom is -0.456 e. The zero-order valence-electron chi connectivity index (χ0n) is 16.4. The summed E-state index contributed by atoms with van der Waals surface area (Å²) in [4.78, 5) is 16.4. The van der Waals surface area contributed by atoms with E-state index in [0.717, 1.165) is 17.7 Å². The Kier molecular flexibility index (Phi) is 5.18. The lowest BCUT2D eigenvalue weighted by atomic mass is 10.0. The number of hydrogen-bond donors (Lipinski definition) is 1. The van der Waals surface area contributed by atoms with E-state index in [9.17, 15) is 9.18 Å². The molecule has 0 amide bonds. The van der Waals surface area contributed by atoms with Crippen molar-refractivity contribution in [3.63, 3.8) is 0 Å². The third kappa shape index (κ3) is 4.19. The third-order valence-electron chi connectivity index (χ3n) is 4.11. The molecule has 0 fully saturated rings. The average molecular weight is 382 g/mol. The van der Waals surface area contributed by atoms with Gasteiger partial charge in [0.25, 0.3) is 0 Å². The van der Waals surface area contributed by atoms with Crippen molar-refractivity contribution in [3.8, 4) is 22.3 Å². The first-order valence-corrected chi connectivity index (χ1v) is 8.99. The van der Waals surface area contributed by atoms with Crippen LogP contribution in [-0.4, -0.2) is 26.3 Å². The predicted octanol–water partition coefficient (Wildman–Crippen LogP) is 4.31. The second-order valence-corrected chi connectivity index (χ2v) is 7.44. The van der Waals surface area contributed by atoms with Crippen LogP contribution in [0.15, 0.2) is 42.9 Å². The number of aromatic nitrogens is 3. The van der Waals surface area contributed by atoms with Gasteiger partial charge in [-0.1, -0.05) is 6.07 Å². The normalized spacial score (nSPS) is 11.5. The maximum Gasteiger partial charge on any atom is 0.341 e. The molecule has 0 saturated heterocycles. The van der Waals surface area contributed by atoms with Crippen LogP contribution in [0, 0.1) is 5.82 Å². The Bertz CT molecular complexity index is 1020. The number of hydrogen-bond acceptors (Lipinski definition) is 5. The van der Waals surface area contributed by atoms with Crippen LogP contribution in [0.5, 0.6) is 0 Å². The highest BCUT2D eigenvalue weighted by atomic mass is 19.1. The van der Waals surface area contributed by atoms with Crippen molar-refractivity contribution in [2.24, 2.45) is 0 Å². The van der Waals surface area contributed by atoms with Gasteiger partial charge in [0.05, 0.1) is 11.8 Å². The number of carbonyl (C=O) groups is 1. The van der Waals surface area contributed by atoms with E-state index in [0.29, 0.717) is 11.1 Å². The number of pyridine rings is 1. The lowest BCUT2D eigenvalue weighted by Gasteiger charge is -2.19. The van der Waals surface area contributed by atoms with Crippen LogP contribution in [0.1, 0.15) is 38.1 Å². The molecule has 0 spiro atoms. The van der Waals surface area contributed by atoms with Gasteiger partial charge in [-0.25, -0.2) is 14.2 Å². The van der Waals surface area contributed by atoms with E-state index in [-0.39, 0.29) is 11.4 Å². The van der Waals surface area contributed by atoms with Gasteiger partial charge in [0.15, 0.2) is 0 Å². The molecule has 0 saturated carbocycles. The van der Waals surface area contributed by atoms with Gasteiger partial charge in [0.1, 0.15) is 17.2 Å². The molecule has 2 heterocycles. The molecule has 1 aromatic carbocycles. The monoisotopic (exact) mass is 382 g/mol. The van der Waals surface area contributed by atoms with Crippen molar-refractivity contribution in [3.05, 3.63) is 54.2 Å². The fourth-order valence-corrected chi connectivity index (χ4v) is 2.73. The number of nitrogens with zero attached hydrogens (tertiary/aromatic N) is 3. The lowest BCUT2D eigenvalue weighted by Crippen LogP contribution is -2.24. The van der Waals surface area contributed by atoms with E-state index in [4.69, 9.17) is 10.5 Å². The number of anilines is 1. The van der Waals surface area contributed by atoms with Gasteiger partial charge in [-0.15, -0.1) is 0 Å². The number of esters is 1. The summed E-state index contributed by atoms with van der Waals surface area (Å²) in [5.74, 6) is -1.10. The number of carbonyl (C=O) groups excluding carboxylic acids is 1. The predicted molar refractivity (Wildman–Crippen MR) is 106 cm³/mol. The summed E-state index contributed by atoms with van der Waals surface area (Å²) < 4.78 is 21.6. The Labute approximate surface area is 163 Å². The second kappa shape index (κ2) is 7.42. The van der Waals surface area contributed by atoms with E-state index in [1.807, 2.05) is 19.2 Å². The fourth-order valence-electron chi connectivity index (χ4n) is 2.73. The minimum absolute atomic E-state index is 0.120. The van der Waals surface area contributed by atoms with Gasteiger partial charge in [-0.2, -0.15) is 5.10 Å². The molecule has 0 radical (unpaired) electrons. The van der Waals surface area contributed by atoms with Crippen LogP contribution >= 0.6 is 0 Å². The first-order chi connectivity index (χ1) is 13.2. The van der Waals surface area contributed by atoms with Gasteiger partial charge >= 0.3 is 5.97 Å². The largest absolute Gasteiger partial charge is 0.456 e. The van der Waals surface area contributed by atoms with Crippen molar-refractivity contribution in [1.29, 1.82) is 0 Å². The lowest BCUT2D eigenvalue weighted by molar-refractivity contribution is 0.00648. The molecule has 3 rings (SSSR count). The molecule has 3 aromatic rings. The molecule has 146 valence electrons. The van der Waals surface area contributed by atoms with Crippen LogP contribution < -0.4 is 5.73 Å². The van der Waals surface area contributed by atoms with Crippen molar-refractivity contribution >= 4 is 11.8 Å².